The number of carbonyl (C=O) groups excluding carboxylic acids is 1. The first-order valence-corrected chi connectivity index (χ1v) is 9.78. The maximum absolute atomic E-state index is 12.4. The Kier molecular flexibility index (Phi) is 5.76. The van der Waals surface area contributed by atoms with Gasteiger partial charge in [-0.15, -0.1) is 11.8 Å². The van der Waals surface area contributed by atoms with Gasteiger partial charge in [0.15, 0.2) is 0 Å². The molecule has 6 heteroatoms. The lowest BCUT2D eigenvalue weighted by atomic mass is 10.0. The van der Waals surface area contributed by atoms with Crippen LogP contribution in [0.25, 0.3) is 11.3 Å². The standard InChI is InChI=1S/C21H21N3O2S/c1-14-7-8-16(11-15(14)2)19-9-10-21(26)24(23-19)13-20(25)22-17-5-4-6-18(12-17)27-3/h4-12H,13H2,1-3H3,(H,22,25). The van der Waals surface area contributed by atoms with Crippen LogP contribution in [0.2, 0.25) is 0 Å². The summed E-state index contributed by atoms with van der Waals surface area (Å²) in [4.78, 5) is 25.5. The molecule has 2 aromatic carbocycles. The number of carbonyl (C=O) groups is 1. The summed E-state index contributed by atoms with van der Waals surface area (Å²) in [5.41, 5.74) is 4.31. The van der Waals surface area contributed by atoms with Crippen molar-refractivity contribution in [2.75, 3.05) is 11.6 Å². The molecule has 0 spiro atoms. The van der Waals surface area contributed by atoms with Gasteiger partial charge in [-0.05, 0) is 61.6 Å². The van der Waals surface area contributed by atoms with Crippen molar-refractivity contribution in [2.45, 2.75) is 25.3 Å². The van der Waals surface area contributed by atoms with Crippen LogP contribution in [0.5, 0.6) is 0 Å². The number of thioether (sulfide) groups is 1. The zero-order valence-corrected chi connectivity index (χ0v) is 16.3. The minimum atomic E-state index is -0.310. The summed E-state index contributed by atoms with van der Waals surface area (Å²) < 4.78 is 1.19. The van der Waals surface area contributed by atoms with E-state index in [2.05, 4.69) is 10.4 Å². The molecule has 27 heavy (non-hydrogen) atoms. The minimum absolute atomic E-state index is 0.138. The fourth-order valence-corrected chi connectivity index (χ4v) is 3.11. The number of nitrogens with zero attached hydrogens (tertiary/aromatic N) is 2. The smallest absolute Gasteiger partial charge is 0.267 e. The van der Waals surface area contributed by atoms with E-state index in [0.29, 0.717) is 11.4 Å². The molecule has 0 aliphatic carbocycles. The predicted molar refractivity (Wildman–Crippen MR) is 110 cm³/mol. The van der Waals surface area contributed by atoms with Crippen LogP contribution in [-0.4, -0.2) is 21.9 Å². The van der Waals surface area contributed by atoms with Crippen molar-refractivity contribution >= 4 is 23.4 Å². The molecular weight excluding hydrogens is 358 g/mol. The normalized spacial score (nSPS) is 10.6. The fourth-order valence-electron chi connectivity index (χ4n) is 2.65. The van der Waals surface area contributed by atoms with Gasteiger partial charge in [-0.25, -0.2) is 4.68 Å². The Labute approximate surface area is 162 Å². The molecule has 1 heterocycles. The van der Waals surface area contributed by atoms with E-state index < -0.39 is 0 Å². The highest BCUT2D eigenvalue weighted by atomic mass is 32.2. The first-order chi connectivity index (χ1) is 13.0. The van der Waals surface area contributed by atoms with Crippen LogP contribution in [0.3, 0.4) is 0 Å². The third kappa shape index (κ3) is 4.65. The predicted octanol–water partition coefficient (Wildman–Crippen LogP) is 3.89. The molecule has 0 unspecified atom stereocenters. The summed E-state index contributed by atoms with van der Waals surface area (Å²) in [6.07, 6.45) is 1.97. The highest BCUT2D eigenvalue weighted by Crippen LogP contribution is 2.20. The average molecular weight is 379 g/mol. The molecule has 138 valence electrons. The summed E-state index contributed by atoms with van der Waals surface area (Å²) in [7, 11) is 0. The minimum Gasteiger partial charge on any atom is -0.324 e. The summed E-state index contributed by atoms with van der Waals surface area (Å²) in [6, 6.07) is 16.7. The van der Waals surface area contributed by atoms with E-state index >= 15 is 0 Å². The highest BCUT2D eigenvalue weighted by molar-refractivity contribution is 7.98. The number of aryl methyl sites for hydroxylation is 2. The SMILES string of the molecule is CSc1cccc(NC(=O)Cn2nc(-c3ccc(C)c(C)c3)ccc2=O)c1. The Morgan fingerprint density at radius 1 is 1.07 bits per heavy atom. The molecule has 5 nitrogen and oxygen atoms in total. The van der Waals surface area contributed by atoms with Crippen molar-refractivity contribution in [2.24, 2.45) is 0 Å². The highest BCUT2D eigenvalue weighted by Gasteiger charge is 2.09. The Hall–Kier alpha value is -2.86. The molecule has 3 rings (SSSR count). The van der Waals surface area contributed by atoms with Gasteiger partial charge in [0.25, 0.3) is 5.56 Å². The van der Waals surface area contributed by atoms with E-state index in [1.54, 1.807) is 17.8 Å². The summed E-state index contributed by atoms with van der Waals surface area (Å²) in [5, 5.41) is 7.18. The van der Waals surface area contributed by atoms with E-state index in [4.69, 9.17) is 0 Å². The number of amides is 1. The second-order valence-electron chi connectivity index (χ2n) is 6.29. The molecule has 3 aromatic rings. The first kappa shape index (κ1) is 18.9. The molecule has 0 radical (unpaired) electrons. The Balaban J connectivity index is 1.80. The lowest BCUT2D eigenvalue weighted by Gasteiger charge is -2.10. The van der Waals surface area contributed by atoms with Gasteiger partial charge >= 0.3 is 0 Å². The third-order valence-corrected chi connectivity index (χ3v) is 5.04. The number of benzene rings is 2. The Morgan fingerprint density at radius 3 is 2.63 bits per heavy atom. The van der Waals surface area contributed by atoms with Gasteiger partial charge in [0.1, 0.15) is 6.54 Å². The van der Waals surface area contributed by atoms with Crippen molar-refractivity contribution in [1.29, 1.82) is 0 Å². The van der Waals surface area contributed by atoms with Gasteiger partial charge in [0, 0.05) is 22.2 Å². The zero-order chi connectivity index (χ0) is 19.4. The van der Waals surface area contributed by atoms with E-state index in [1.165, 1.54) is 16.3 Å². The lowest BCUT2D eigenvalue weighted by Crippen LogP contribution is -2.29. The summed E-state index contributed by atoms with van der Waals surface area (Å²) in [5.74, 6) is -0.292. The molecular formula is C21H21N3O2S. The van der Waals surface area contributed by atoms with E-state index in [9.17, 15) is 9.59 Å². The number of anilines is 1. The monoisotopic (exact) mass is 379 g/mol. The summed E-state index contributed by atoms with van der Waals surface area (Å²) in [6.45, 7) is 3.94. The molecule has 0 aliphatic heterocycles. The molecule has 0 saturated heterocycles. The first-order valence-electron chi connectivity index (χ1n) is 8.56. The Morgan fingerprint density at radius 2 is 1.89 bits per heavy atom. The van der Waals surface area contributed by atoms with E-state index in [0.717, 1.165) is 16.0 Å². The summed E-state index contributed by atoms with van der Waals surface area (Å²) >= 11 is 1.60. The van der Waals surface area contributed by atoms with Crippen LogP contribution in [-0.2, 0) is 11.3 Å². The van der Waals surface area contributed by atoms with Gasteiger partial charge < -0.3 is 5.32 Å². The molecule has 1 amide bonds. The number of aromatic nitrogens is 2. The van der Waals surface area contributed by atoms with Gasteiger partial charge in [-0.3, -0.25) is 9.59 Å². The second-order valence-corrected chi connectivity index (χ2v) is 7.17. The molecule has 0 saturated carbocycles. The quantitative estimate of drug-likeness (QED) is 0.683. The third-order valence-electron chi connectivity index (χ3n) is 4.32. The van der Waals surface area contributed by atoms with Gasteiger partial charge in [-0.1, -0.05) is 18.2 Å². The van der Waals surface area contributed by atoms with Crippen LogP contribution in [0.15, 0.2) is 64.3 Å². The van der Waals surface area contributed by atoms with Crippen LogP contribution < -0.4 is 10.9 Å². The molecule has 0 bridgehead atoms. The molecule has 1 N–H and O–H groups in total. The number of hydrogen-bond donors (Lipinski definition) is 1. The number of nitrogens with one attached hydrogen (secondary N) is 1. The van der Waals surface area contributed by atoms with E-state index in [1.807, 2.05) is 62.6 Å². The maximum Gasteiger partial charge on any atom is 0.267 e. The van der Waals surface area contributed by atoms with Crippen molar-refractivity contribution in [3.63, 3.8) is 0 Å². The average Bonchev–Trinajstić information content (AvgIpc) is 2.66. The van der Waals surface area contributed by atoms with E-state index in [-0.39, 0.29) is 18.0 Å². The lowest BCUT2D eigenvalue weighted by molar-refractivity contribution is -0.117. The molecule has 1 aromatic heterocycles. The van der Waals surface area contributed by atoms with Crippen molar-refractivity contribution in [3.05, 3.63) is 76.1 Å². The topological polar surface area (TPSA) is 64.0 Å². The van der Waals surface area contributed by atoms with Crippen LogP contribution in [0.1, 0.15) is 11.1 Å². The molecule has 0 atom stereocenters. The molecule has 0 fully saturated rings. The number of hydrogen-bond acceptors (Lipinski definition) is 4. The Bertz CT molecular complexity index is 1040. The van der Waals surface area contributed by atoms with Crippen LogP contribution in [0, 0.1) is 13.8 Å². The largest absolute Gasteiger partial charge is 0.324 e. The van der Waals surface area contributed by atoms with Gasteiger partial charge in [0.2, 0.25) is 5.91 Å². The van der Waals surface area contributed by atoms with Gasteiger partial charge in [0.05, 0.1) is 5.69 Å². The second kappa shape index (κ2) is 8.22. The van der Waals surface area contributed by atoms with Gasteiger partial charge in [-0.2, -0.15) is 5.10 Å². The number of rotatable bonds is 5. The van der Waals surface area contributed by atoms with Crippen LogP contribution >= 0.6 is 11.8 Å². The van der Waals surface area contributed by atoms with Crippen molar-refractivity contribution in [3.8, 4) is 11.3 Å². The maximum atomic E-state index is 12.4. The van der Waals surface area contributed by atoms with Crippen molar-refractivity contribution < 1.29 is 4.79 Å². The van der Waals surface area contributed by atoms with Crippen molar-refractivity contribution in [1.82, 2.24) is 9.78 Å². The molecule has 0 aliphatic rings. The van der Waals surface area contributed by atoms with Crippen LogP contribution in [0.4, 0.5) is 5.69 Å². The zero-order valence-electron chi connectivity index (χ0n) is 15.5. The fraction of sp³-hybridized carbons (Fsp3) is 0.190.